The molecule has 1 aromatic rings. The van der Waals surface area contributed by atoms with E-state index >= 15 is 0 Å². The molecule has 21 heavy (non-hydrogen) atoms. The number of esters is 1. The highest BCUT2D eigenvalue weighted by Gasteiger charge is 2.37. The van der Waals surface area contributed by atoms with Crippen LogP contribution in [-0.2, 0) is 16.6 Å². The third kappa shape index (κ3) is 3.59. The van der Waals surface area contributed by atoms with Gasteiger partial charge in [0.05, 0.1) is 5.02 Å². The lowest BCUT2D eigenvalue weighted by molar-refractivity contribution is -0.159. The number of carbonyl (C=O) groups excluding carboxylic acids is 2. The first-order valence-corrected chi connectivity index (χ1v) is 7.42. The molecule has 116 valence electrons. The van der Waals surface area contributed by atoms with Crippen molar-refractivity contribution in [3.63, 3.8) is 0 Å². The van der Waals surface area contributed by atoms with Crippen molar-refractivity contribution in [2.24, 2.45) is 7.05 Å². The Kier molecular flexibility index (Phi) is 4.33. The first kappa shape index (κ1) is 15.9. The third-order valence-corrected chi connectivity index (χ3v) is 3.59. The number of ether oxygens (including phenoxy) is 1. The Morgan fingerprint density at radius 2 is 2.05 bits per heavy atom. The van der Waals surface area contributed by atoms with Gasteiger partial charge in [-0.1, -0.05) is 11.6 Å². The van der Waals surface area contributed by atoms with E-state index in [2.05, 4.69) is 0 Å². The lowest BCUT2D eigenvalue weighted by Crippen LogP contribution is -2.44. The molecule has 1 aliphatic heterocycles. The summed E-state index contributed by atoms with van der Waals surface area (Å²) < 4.78 is 7.08. The van der Waals surface area contributed by atoms with Crippen molar-refractivity contribution in [3.8, 4) is 0 Å². The van der Waals surface area contributed by atoms with E-state index in [-0.39, 0.29) is 11.9 Å². The van der Waals surface area contributed by atoms with Crippen LogP contribution in [0.1, 0.15) is 44.1 Å². The van der Waals surface area contributed by atoms with Gasteiger partial charge in [-0.15, -0.1) is 0 Å². The zero-order valence-corrected chi connectivity index (χ0v) is 13.6. The van der Waals surface area contributed by atoms with Crippen molar-refractivity contribution in [2.45, 2.75) is 45.3 Å². The van der Waals surface area contributed by atoms with Crippen molar-refractivity contribution < 1.29 is 14.3 Å². The molecule has 0 radical (unpaired) electrons. The quantitative estimate of drug-likeness (QED) is 0.789. The van der Waals surface area contributed by atoms with Gasteiger partial charge in [0.15, 0.2) is 0 Å². The van der Waals surface area contributed by atoms with E-state index < -0.39 is 11.6 Å². The number of rotatable bonds is 2. The van der Waals surface area contributed by atoms with Crippen LogP contribution >= 0.6 is 11.6 Å². The Balaban J connectivity index is 2.17. The summed E-state index contributed by atoms with van der Waals surface area (Å²) in [5.74, 6) is -0.522. The van der Waals surface area contributed by atoms with Crippen LogP contribution in [0, 0.1) is 0 Å². The Labute approximate surface area is 129 Å². The molecule has 2 heterocycles. The smallest absolute Gasteiger partial charge is 0.329 e. The van der Waals surface area contributed by atoms with Crippen LogP contribution in [0.4, 0.5) is 0 Å². The van der Waals surface area contributed by atoms with Crippen LogP contribution in [0.15, 0.2) is 12.3 Å². The molecule has 0 bridgehead atoms. The summed E-state index contributed by atoms with van der Waals surface area (Å²) in [5.41, 5.74) is -0.0710. The highest BCUT2D eigenvalue weighted by atomic mass is 35.5. The largest absolute Gasteiger partial charge is 0.458 e. The summed E-state index contributed by atoms with van der Waals surface area (Å²) in [5, 5.41) is 0.508. The predicted octanol–water partition coefficient (Wildman–Crippen LogP) is 2.62. The minimum atomic E-state index is -0.553. The van der Waals surface area contributed by atoms with Crippen molar-refractivity contribution >= 4 is 23.5 Å². The van der Waals surface area contributed by atoms with Gasteiger partial charge in [0, 0.05) is 19.8 Å². The molecule has 1 saturated heterocycles. The van der Waals surface area contributed by atoms with E-state index in [0.29, 0.717) is 23.7 Å². The second-order valence-electron chi connectivity index (χ2n) is 6.34. The minimum Gasteiger partial charge on any atom is -0.458 e. The molecule has 0 N–H and O–H groups in total. The average molecular weight is 313 g/mol. The fourth-order valence-electron chi connectivity index (χ4n) is 2.51. The molecule has 0 aromatic carbocycles. The van der Waals surface area contributed by atoms with E-state index in [4.69, 9.17) is 16.3 Å². The standard InChI is InChI=1S/C15H21ClN2O3/c1-15(2,3)21-14(20)11-6-5-7-18(11)13(19)12-8-10(16)9-17(12)4/h8-9,11H,5-7H2,1-4H3/t11-/m1/s1. The topological polar surface area (TPSA) is 51.5 Å². The summed E-state index contributed by atoms with van der Waals surface area (Å²) in [6, 6.07) is 1.11. The summed E-state index contributed by atoms with van der Waals surface area (Å²) >= 11 is 5.92. The number of halogens is 1. The molecule has 0 aliphatic carbocycles. The summed E-state index contributed by atoms with van der Waals surface area (Å²) in [6.07, 6.45) is 3.11. The fraction of sp³-hybridized carbons (Fsp3) is 0.600. The number of hydrogen-bond acceptors (Lipinski definition) is 3. The van der Waals surface area contributed by atoms with Crippen LogP contribution in [0.2, 0.25) is 5.02 Å². The average Bonchev–Trinajstić information content (AvgIpc) is 2.92. The molecule has 1 atom stereocenters. The lowest BCUT2D eigenvalue weighted by atomic mass is 10.1. The summed E-state index contributed by atoms with van der Waals surface area (Å²) in [4.78, 5) is 26.4. The van der Waals surface area contributed by atoms with Crippen molar-refractivity contribution in [3.05, 3.63) is 23.0 Å². The number of aromatic nitrogens is 1. The first-order valence-electron chi connectivity index (χ1n) is 7.05. The van der Waals surface area contributed by atoms with Gasteiger partial charge in [0.25, 0.3) is 5.91 Å². The van der Waals surface area contributed by atoms with E-state index in [9.17, 15) is 9.59 Å². The van der Waals surface area contributed by atoms with Gasteiger partial charge in [-0.3, -0.25) is 4.79 Å². The molecule has 0 saturated carbocycles. The van der Waals surface area contributed by atoms with Gasteiger partial charge in [0.1, 0.15) is 17.3 Å². The van der Waals surface area contributed by atoms with Crippen LogP contribution in [0.5, 0.6) is 0 Å². The number of amides is 1. The highest BCUT2D eigenvalue weighted by molar-refractivity contribution is 6.31. The monoisotopic (exact) mass is 312 g/mol. The number of hydrogen-bond donors (Lipinski definition) is 0. The molecule has 1 amide bonds. The van der Waals surface area contributed by atoms with Crippen LogP contribution in [0.3, 0.4) is 0 Å². The van der Waals surface area contributed by atoms with Crippen molar-refractivity contribution in [2.75, 3.05) is 6.54 Å². The molecule has 5 nitrogen and oxygen atoms in total. The van der Waals surface area contributed by atoms with Gasteiger partial charge < -0.3 is 14.2 Å². The number of nitrogens with zero attached hydrogens (tertiary/aromatic N) is 2. The molecule has 1 fully saturated rings. The van der Waals surface area contributed by atoms with Crippen molar-refractivity contribution in [1.82, 2.24) is 9.47 Å². The van der Waals surface area contributed by atoms with E-state index in [1.165, 1.54) is 0 Å². The molecule has 1 aliphatic rings. The maximum atomic E-state index is 12.6. The summed E-state index contributed by atoms with van der Waals surface area (Å²) in [6.45, 7) is 6.03. The normalized spacial score (nSPS) is 18.9. The SMILES string of the molecule is Cn1cc(Cl)cc1C(=O)N1CCC[C@@H]1C(=O)OC(C)(C)C. The lowest BCUT2D eigenvalue weighted by Gasteiger charge is -2.27. The van der Waals surface area contributed by atoms with Gasteiger partial charge in [0.2, 0.25) is 0 Å². The second-order valence-corrected chi connectivity index (χ2v) is 6.78. The third-order valence-electron chi connectivity index (χ3n) is 3.38. The minimum absolute atomic E-state index is 0.183. The van der Waals surface area contributed by atoms with Crippen LogP contribution < -0.4 is 0 Å². The Hall–Kier alpha value is -1.49. The van der Waals surface area contributed by atoms with Gasteiger partial charge in [-0.05, 0) is 39.7 Å². The predicted molar refractivity (Wildman–Crippen MR) is 80.3 cm³/mol. The van der Waals surface area contributed by atoms with Crippen molar-refractivity contribution in [1.29, 1.82) is 0 Å². The highest BCUT2D eigenvalue weighted by Crippen LogP contribution is 2.24. The van der Waals surface area contributed by atoms with Gasteiger partial charge in [-0.25, -0.2) is 4.79 Å². The van der Waals surface area contributed by atoms with Crippen LogP contribution in [-0.4, -0.2) is 39.5 Å². The molecule has 0 unspecified atom stereocenters. The Morgan fingerprint density at radius 3 is 2.57 bits per heavy atom. The number of aryl methyl sites for hydroxylation is 1. The molecular weight excluding hydrogens is 292 g/mol. The molecular formula is C15H21ClN2O3. The Bertz CT molecular complexity index is 560. The first-order chi connectivity index (χ1) is 9.69. The molecule has 6 heteroatoms. The van der Waals surface area contributed by atoms with Gasteiger partial charge in [-0.2, -0.15) is 0 Å². The number of carbonyl (C=O) groups is 2. The van der Waals surface area contributed by atoms with E-state index in [1.54, 1.807) is 28.8 Å². The van der Waals surface area contributed by atoms with E-state index in [0.717, 1.165) is 6.42 Å². The number of likely N-dealkylation sites (tertiary alicyclic amines) is 1. The molecule has 0 spiro atoms. The van der Waals surface area contributed by atoms with Crippen LogP contribution in [0.25, 0.3) is 0 Å². The Morgan fingerprint density at radius 1 is 1.38 bits per heavy atom. The molecule has 1 aromatic heterocycles. The zero-order chi connectivity index (χ0) is 15.8. The zero-order valence-electron chi connectivity index (χ0n) is 12.9. The maximum absolute atomic E-state index is 12.6. The molecule has 2 rings (SSSR count). The fourth-order valence-corrected chi connectivity index (χ4v) is 2.76. The summed E-state index contributed by atoms with van der Waals surface area (Å²) in [7, 11) is 1.76. The van der Waals surface area contributed by atoms with Gasteiger partial charge >= 0.3 is 5.97 Å². The maximum Gasteiger partial charge on any atom is 0.329 e. The second kappa shape index (κ2) is 5.72. The van der Waals surface area contributed by atoms with E-state index in [1.807, 2.05) is 20.8 Å².